The summed E-state index contributed by atoms with van der Waals surface area (Å²) in [5, 5.41) is 19.5. The molecule has 4 aromatic rings. The van der Waals surface area contributed by atoms with Gasteiger partial charge in [0.1, 0.15) is 35.2 Å². The van der Waals surface area contributed by atoms with Crippen LogP contribution in [0.15, 0.2) is 91.5 Å². The van der Waals surface area contributed by atoms with Crippen LogP contribution in [-0.4, -0.2) is 76.2 Å². The van der Waals surface area contributed by atoms with Crippen LogP contribution >= 0.6 is 0 Å². The highest BCUT2D eigenvalue weighted by Crippen LogP contribution is 2.45. The maximum absolute atomic E-state index is 14.2. The number of carboxylic acids is 1. The van der Waals surface area contributed by atoms with E-state index >= 15 is 0 Å². The Morgan fingerprint density at radius 3 is 2.50 bits per heavy atom. The van der Waals surface area contributed by atoms with E-state index in [-0.39, 0.29) is 37.3 Å². The third-order valence-corrected chi connectivity index (χ3v) is 10.9. The number of amides is 4. The Bertz CT molecular complexity index is 2110. The SMILES string of the molecule is C=C[C@@H]1C[C@]1(NC(=O)[C@@H]1C[C@@H](Oc2cc(-c3ccccc3)nc3cc(OC)ccc23)CN1C(=O)NC(C(=O)N[C@H]1CCc2ccccc21)C(C)C)C(=O)O. The summed E-state index contributed by atoms with van der Waals surface area (Å²) in [6, 6.07) is 22.2. The van der Waals surface area contributed by atoms with Crippen LogP contribution in [0, 0.1) is 11.8 Å². The van der Waals surface area contributed by atoms with E-state index in [1.54, 1.807) is 7.11 Å². The molecule has 54 heavy (non-hydrogen) atoms. The first-order chi connectivity index (χ1) is 26.0. The zero-order chi connectivity index (χ0) is 38.1. The molecule has 2 fully saturated rings. The van der Waals surface area contributed by atoms with Crippen LogP contribution in [-0.2, 0) is 20.8 Å². The zero-order valence-electron chi connectivity index (χ0n) is 30.6. The number of urea groups is 1. The molecule has 280 valence electrons. The van der Waals surface area contributed by atoms with E-state index in [2.05, 4.69) is 28.6 Å². The lowest BCUT2D eigenvalue weighted by atomic mass is 10.0. The van der Waals surface area contributed by atoms with E-state index in [9.17, 15) is 24.3 Å². The highest BCUT2D eigenvalue weighted by molar-refractivity contribution is 5.95. The summed E-state index contributed by atoms with van der Waals surface area (Å²) in [5.74, 6) is -1.71. The van der Waals surface area contributed by atoms with Crippen molar-refractivity contribution in [3.63, 3.8) is 0 Å². The number of pyridine rings is 1. The van der Waals surface area contributed by atoms with Gasteiger partial charge < -0.3 is 35.4 Å². The molecular weight excluding hydrogens is 686 g/mol. The average molecular weight is 732 g/mol. The lowest BCUT2D eigenvalue weighted by Gasteiger charge is -2.29. The minimum atomic E-state index is -1.50. The summed E-state index contributed by atoms with van der Waals surface area (Å²) in [7, 11) is 1.58. The molecule has 2 heterocycles. The van der Waals surface area contributed by atoms with Crippen molar-refractivity contribution >= 4 is 34.7 Å². The van der Waals surface area contributed by atoms with Crippen LogP contribution in [0.4, 0.5) is 4.79 Å². The molecule has 4 N–H and O–H groups in total. The number of aromatic nitrogens is 1. The van der Waals surface area contributed by atoms with Crippen LogP contribution in [0.2, 0.25) is 0 Å². The van der Waals surface area contributed by atoms with Crippen molar-refractivity contribution in [2.45, 2.75) is 69.3 Å². The van der Waals surface area contributed by atoms with Gasteiger partial charge in [0.2, 0.25) is 11.8 Å². The molecule has 1 unspecified atom stereocenters. The molecule has 1 aromatic heterocycles. The zero-order valence-corrected chi connectivity index (χ0v) is 30.6. The molecular formula is C42H45N5O7. The second-order valence-corrected chi connectivity index (χ2v) is 14.7. The highest BCUT2D eigenvalue weighted by atomic mass is 16.5. The molecule has 1 aliphatic heterocycles. The van der Waals surface area contributed by atoms with Gasteiger partial charge in [-0.1, -0.05) is 74.5 Å². The normalized spacial score (nSPS) is 23.3. The molecule has 3 aliphatic rings. The van der Waals surface area contributed by atoms with Crippen molar-refractivity contribution < 1.29 is 33.8 Å². The van der Waals surface area contributed by atoms with Gasteiger partial charge in [0.05, 0.1) is 30.9 Å². The second-order valence-electron chi connectivity index (χ2n) is 14.7. The molecule has 1 saturated heterocycles. The highest BCUT2D eigenvalue weighted by Gasteiger charge is 2.61. The molecule has 2 aliphatic carbocycles. The maximum atomic E-state index is 14.2. The Labute approximate surface area is 313 Å². The lowest BCUT2D eigenvalue weighted by Crippen LogP contribution is -2.58. The molecule has 0 spiro atoms. The Balaban J connectivity index is 1.16. The predicted octanol–water partition coefficient (Wildman–Crippen LogP) is 5.42. The first-order valence-electron chi connectivity index (χ1n) is 18.4. The fourth-order valence-electron chi connectivity index (χ4n) is 7.73. The summed E-state index contributed by atoms with van der Waals surface area (Å²) in [4.78, 5) is 60.5. The first-order valence-corrected chi connectivity index (χ1v) is 18.4. The third-order valence-electron chi connectivity index (χ3n) is 10.9. The molecule has 0 radical (unpaired) electrons. The van der Waals surface area contributed by atoms with Gasteiger partial charge in [-0.3, -0.25) is 9.59 Å². The van der Waals surface area contributed by atoms with E-state index in [0.29, 0.717) is 28.1 Å². The van der Waals surface area contributed by atoms with Gasteiger partial charge in [-0.15, -0.1) is 6.58 Å². The summed E-state index contributed by atoms with van der Waals surface area (Å²) in [6.07, 6.45) is 2.73. The summed E-state index contributed by atoms with van der Waals surface area (Å²) < 4.78 is 12.1. The van der Waals surface area contributed by atoms with Crippen LogP contribution in [0.25, 0.3) is 22.2 Å². The van der Waals surface area contributed by atoms with Gasteiger partial charge in [0.25, 0.3) is 0 Å². The van der Waals surface area contributed by atoms with Crippen LogP contribution in [0.3, 0.4) is 0 Å². The minimum Gasteiger partial charge on any atom is -0.497 e. The summed E-state index contributed by atoms with van der Waals surface area (Å²) in [5.41, 5.74) is 2.93. The lowest BCUT2D eigenvalue weighted by molar-refractivity contribution is -0.144. The summed E-state index contributed by atoms with van der Waals surface area (Å²) in [6.45, 7) is 7.42. The second kappa shape index (κ2) is 14.8. The van der Waals surface area contributed by atoms with E-state index in [0.717, 1.165) is 24.0 Å². The molecule has 6 atom stereocenters. The number of nitrogens with one attached hydrogen (secondary N) is 3. The van der Waals surface area contributed by atoms with Crippen LogP contribution in [0.5, 0.6) is 11.5 Å². The Kier molecular flexibility index (Phi) is 10.0. The van der Waals surface area contributed by atoms with Gasteiger partial charge in [-0.2, -0.15) is 0 Å². The van der Waals surface area contributed by atoms with E-state index < -0.39 is 47.6 Å². The van der Waals surface area contributed by atoms with Crippen molar-refractivity contribution in [1.82, 2.24) is 25.8 Å². The number of aliphatic carboxylic acids is 1. The number of aryl methyl sites for hydroxylation is 1. The number of hydrogen-bond acceptors (Lipinski definition) is 7. The van der Waals surface area contributed by atoms with Crippen molar-refractivity contribution in [1.29, 1.82) is 0 Å². The number of rotatable bonds is 12. The number of likely N-dealkylation sites (tertiary alicyclic amines) is 1. The molecule has 0 bridgehead atoms. The number of ether oxygens (including phenoxy) is 2. The number of carbonyl (C=O) groups excluding carboxylic acids is 3. The van der Waals surface area contributed by atoms with Crippen molar-refractivity contribution in [2.24, 2.45) is 11.8 Å². The third kappa shape index (κ3) is 7.07. The van der Waals surface area contributed by atoms with Crippen molar-refractivity contribution in [3.8, 4) is 22.8 Å². The first kappa shape index (κ1) is 36.4. The van der Waals surface area contributed by atoms with E-state index in [4.69, 9.17) is 14.5 Å². The fraction of sp³-hybridized carbons (Fsp3) is 0.357. The quantitative estimate of drug-likeness (QED) is 0.141. The molecule has 3 aromatic carbocycles. The fourth-order valence-corrected chi connectivity index (χ4v) is 7.73. The number of benzene rings is 3. The van der Waals surface area contributed by atoms with E-state index in [1.165, 1.54) is 16.5 Å². The van der Waals surface area contributed by atoms with Crippen LogP contribution in [0.1, 0.15) is 50.3 Å². The van der Waals surface area contributed by atoms with E-state index in [1.807, 2.05) is 86.6 Å². The number of carboxylic acid groups (broad SMARTS) is 1. The average Bonchev–Trinajstić information content (AvgIpc) is 3.50. The number of fused-ring (bicyclic) bond motifs is 2. The smallest absolute Gasteiger partial charge is 0.330 e. The molecule has 12 nitrogen and oxygen atoms in total. The standard InChI is InChI=1S/C42H45N5O7/c1-5-27-22-42(27,40(50)51)46-38(48)35-20-29(54-36-21-33(26-12-7-6-8-13-26)43-34-19-28(53-4)16-17-31(34)36)23-47(35)41(52)45-37(24(2)3)39(49)44-32-18-15-25-11-9-10-14-30(25)32/h5-14,16-17,19,21,24,27,29,32,35,37H,1,15,18,20,22-23H2,2-4H3,(H,44,49)(H,45,52)(H,46,48)(H,50,51)/t27-,29-,32+,35+,37?,42-/m1/s1. The Morgan fingerprint density at radius 2 is 1.80 bits per heavy atom. The van der Waals surface area contributed by atoms with Gasteiger partial charge in [0.15, 0.2) is 0 Å². The Morgan fingerprint density at radius 1 is 1.04 bits per heavy atom. The largest absolute Gasteiger partial charge is 0.497 e. The van der Waals surface area contributed by atoms with Gasteiger partial charge in [-0.05, 0) is 48.4 Å². The topological polar surface area (TPSA) is 159 Å². The van der Waals surface area contributed by atoms with Gasteiger partial charge in [-0.25, -0.2) is 14.6 Å². The maximum Gasteiger partial charge on any atom is 0.330 e. The minimum absolute atomic E-state index is 0.00203. The molecule has 7 rings (SSSR count). The monoisotopic (exact) mass is 731 g/mol. The summed E-state index contributed by atoms with van der Waals surface area (Å²) >= 11 is 0. The Hall–Kier alpha value is -5.91. The van der Waals surface area contributed by atoms with Crippen molar-refractivity contribution in [2.75, 3.05) is 13.7 Å². The van der Waals surface area contributed by atoms with Gasteiger partial charge >= 0.3 is 12.0 Å². The molecule has 12 heteroatoms. The number of carbonyl (C=O) groups is 4. The molecule has 4 amide bonds. The molecule has 1 saturated carbocycles. The van der Waals surface area contributed by atoms with Crippen LogP contribution < -0.4 is 25.4 Å². The van der Waals surface area contributed by atoms with Gasteiger partial charge in [0, 0.05) is 35.4 Å². The number of nitrogens with zero attached hydrogens (tertiary/aromatic N) is 2. The van der Waals surface area contributed by atoms with Crippen molar-refractivity contribution in [3.05, 3.63) is 103 Å². The number of methoxy groups -OCH3 is 1. The number of hydrogen-bond donors (Lipinski definition) is 4. The predicted molar refractivity (Wildman–Crippen MR) is 203 cm³/mol.